The number of aliphatic hydroxyl groups is 1. The molecule has 0 aliphatic carbocycles. The highest BCUT2D eigenvalue weighted by Crippen LogP contribution is 2.32. The molecule has 0 radical (unpaired) electrons. The molecule has 14 heteroatoms. The SMILES string of the molecule is CC(C)(C)OC(=O)N1[C@@H](CCc2cccc(C(F)(F)F)n2)COC1(C)C.N[C@H](CO)CCc1cccc(C(F)(F)F)n1. The fourth-order valence-corrected chi connectivity index (χ4v) is 4.07. The number of nitrogens with two attached hydrogens (primary N) is 1. The fourth-order valence-electron chi connectivity index (χ4n) is 4.07. The number of hydrogen-bond acceptors (Lipinski definition) is 7. The van der Waals surface area contributed by atoms with Crippen molar-refractivity contribution in [1.29, 1.82) is 0 Å². The summed E-state index contributed by atoms with van der Waals surface area (Å²) in [5.74, 6) is 0. The molecule has 0 bridgehead atoms. The Morgan fingerprint density at radius 2 is 1.52 bits per heavy atom. The highest BCUT2D eigenvalue weighted by molar-refractivity contribution is 5.69. The van der Waals surface area contributed by atoms with Crippen LogP contribution in [0.2, 0.25) is 0 Å². The first kappa shape index (κ1) is 35.2. The van der Waals surface area contributed by atoms with E-state index in [1.807, 2.05) is 0 Å². The minimum atomic E-state index is -4.48. The van der Waals surface area contributed by atoms with Crippen LogP contribution in [0.4, 0.5) is 31.1 Å². The van der Waals surface area contributed by atoms with Gasteiger partial charge in [-0.1, -0.05) is 12.1 Å². The largest absolute Gasteiger partial charge is 0.444 e. The summed E-state index contributed by atoms with van der Waals surface area (Å²) in [6.45, 7) is 8.96. The first-order valence-electron chi connectivity index (χ1n) is 13.3. The van der Waals surface area contributed by atoms with Crippen LogP contribution in [0.5, 0.6) is 0 Å². The highest BCUT2D eigenvalue weighted by atomic mass is 19.4. The molecule has 2 aromatic rings. The number of aryl methyl sites for hydroxylation is 2. The number of pyridine rings is 2. The van der Waals surface area contributed by atoms with Gasteiger partial charge in [0.05, 0.1) is 19.3 Å². The van der Waals surface area contributed by atoms with Gasteiger partial charge in [0.25, 0.3) is 0 Å². The van der Waals surface area contributed by atoms with Gasteiger partial charge in [-0.05, 0) is 84.6 Å². The van der Waals surface area contributed by atoms with E-state index in [0.717, 1.165) is 12.1 Å². The lowest BCUT2D eigenvalue weighted by Crippen LogP contribution is -2.49. The van der Waals surface area contributed by atoms with Crippen molar-refractivity contribution in [2.45, 2.75) is 96.1 Å². The van der Waals surface area contributed by atoms with Crippen LogP contribution >= 0.6 is 0 Å². The minimum absolute atomic E-state index is 0.182. The molecule has 0 saturated carbocycles. The van der Waals surface area contributed by atoms with Crippen molar-refractivity contribution in [3.8, 4) is 0 Å². The standard InChI is InChI=1S/C18H25F3N2O3.C10H13F3N2O/c1-16(2,3)26-15(24)23-13(11-25-17(23,4)5)10-9-12-7-6-8-14(22-12)18(19,20)21;11-10(12,13)9-3-1-2-8(15-9)5-4-7(14)6-16/h6-8,13H,9-11H2,1-5H3;1-3,7,16H,4-6,14H2/t13-;7-/m00/s1. The lowest BCUT2D eigenvalue weighted by Gasteiger charge is -2.35. The third-order valence-corrected chi connectivity index (χ3v) is 6.10. The van der Waals surface area contributed by atoms with E-state index in [-0.39, 0.29) is 12.6 Å². The van der Waals surface area contributed by atoms with Gasteiger partial charge in [0, 0.05) is 17.4 Å². The predicted molar refractivity (Wildman–Crippen MR) is 142 cm³/mol. The maximum absolute atomic E-state index is 12.8. The van der Waals surface area contributed by atoms with E-state index in [9.17, 15) is 31.1 Å². The summed E-state index contributed by atoms with van der Waals surface area (Å²) in [5, 5.41) is 8.67. The molecule has 2 atom stereocenters. The van der Waals surface area contributed by atoms with Crippen molar-refractivity contribution >= 4 is 6.09 Å². The Hall–Kier alpha value is -2.97. The number of carbonyl (C=O) groups is 1. The summed E-state index contributed by atoms with van der Waals surface area (Å²) in [5.41, 5.74) is 2.80. The Morgan fingerprint density at radius 3 is 1.98 bits per heavy atom. The minimum Gasteiger partial charge on any atom is -0.444 e. The predicted octanol–water partition coefficient (Wildman–Crippen LogP) is 5.76. The Morgan fingerprint density at radius 1 is 1.02 bits per heavy atom. The van der Waals surface area contributed by atoms with Crippen molar-refractivity contribution in [2.24, 2.45) is 5.73 Å². The van der Waals surface area contributed by atoms with Crippen LogP contribution in [0.15, 0.2) is 36.4 Å². The summed E-state index contributed by atoms with van der Waals surface area (Å²) in [7, 11) is 0. The van der Waals surface area contributed by atoms with Crippen molar-refractivity contribution < 1.29 is 45.7 Å². The van der Waals surface area contributed by atoms with Crippen LogP contribution in [-0.4, -0.2) is 62.7 Å². The van der Waals surface area contributed by atoms with Crippen molar-refractivity contribution in [3.05, 3.63) is 59.2 Å². The first-order valence-corrected chi connectivity index (χ1v) is 13.3. The van der Waals surface area contributed by atoms with Gasteiger partial charge in [0.2, 0.25) is 0 Å². The normalized spacial score (nSPS) is 17.8. The van der Waals surface area contributed by atoms with E-state index < -0.39 is 47.2 Å². The number of alkyl halides is 6. The topological polar surface area (TPSA) is 111 Å². The Bertz CT molecular complexity index is 1170. The molecule has 42 heavy (non-hydrogen) atoms. The molecule has 3 rings (SSSR count). The highest BCUT2D eigenvalue weighted by Gasteiger charge is 2.45. The van der Waals surface area contributed by atoms with Gasteiger partial charge in [0.15, 0.2) is 0 Å². The van der Waals surface area contributed by atoms with E-state index in [2.05, 4.69) is 9.97 Å². The number of aromatic nitrogens is 2. The number of halogens is 6. The number of aliphatic hydroxyl groups excluding tert-OH is 1. The number of rotatable bonds is 7. The Kier molecular flexibility index (Phi) is 11.7. The molecule has 1 aliphatic rings. The van der Waals surface area contributed by atoms with Crippen LogP contribution in [0.3, 0.4) is 0 Å². The molecule has 1 fully saturated rings. The van der Waals surface area contributed by atoms with Crippen LogP contribution in [-0.2, 0) is 34.7 Å². The lowest BCUT2D eigenvalue weighted by molar-refractivity contribution is -0.142. The summed E-state index contributed by atoms with van der Waals surface area (Å²) >= 11 is 0. The van der Waals surface area contributed by atoms with Crippen LogP contribution < -0.4 is 5.73 Å². The fraction of sp³-hybridized carbons (Fsp3) is 0.607. The molecule has 1 amide bonds. The van der Waals surface area contributed by atoms with Gasteiger partial charge in [-0.2, -0.15) is 26.3 Å². The van der Waals surface area contributed by atoms with Crippen LogP contribution in [0.25, 0.3) is 0 Å². The van der Waals surface area contributed by atoms with E-state index in [4.69, 9.17) is 20.3 Å². The zero-order valence-corrected chi connectivity index (χ0v) is 24.2. The first-order chi connectivity index (χ1) is 19.2. The number of carbonyl (C=O) groups excluding carboxylic acids is 1. The molecule has 236 valence electrons. The molecule has 1 aliphatic heterocycles. The number of nitrogens with zero attached hydrogens (tertiary/aromatic N) is 3. The van der Waals surface area contributed by atoms with E-state index >= 15 is 0 Å². The Labute approximate surface area is 241 Å². The number of amides is 1. The average molecular weight is 609 g/mol. The lowest BCUT2D eigenvalue weighted by atomic mass is 10.1. The maximum Gasteiger partial charge on any atom is 0.433 e. The Balaban J connectivity index is 0.000000330. The van der Waals surface area contributed by atoms with Gasteiger partial charge in [-0.25, -0.2) is 14.8 Å². The van der Waals surface area contributed by atoms with E-state index in [1.54, 1.807) is 40.7 Å². The molecule has 0 unspecified atom stereocenters. The molecular weight excluding hydrogens is 570 g/mol. The van der Waals surface area contributed by atoms with Gasteiger partial charge in [-0.15, -0.1) is 0 Å². The summed E-state index contributed by atoms with van der Waals surface area (Å²) in [4.78, 5) is 21.2. The molecule has 2 aromatic heterocycles. The van der Waals surface area contributed by atoms with E-state index in [1.165, 1.54) is 23.1 Å². The monoisotopic (exact) mass is 608 g/mol. The maximum atomic E-state index is 12.8. The van der Waals surface area contributed by atoms with Crippen molar-refractivity contribution in [3.63, 3.8) is 0 Å². The second-order valence-electron chi connectivity index (χ2n) is 11.3. The molecule has 3 N–H and O–H groups in total. The van der Waals surface area contributed by atoms with Gasteiger partial charge in [-0.3, -0.25) is 4.90 Å². The molecule has 8 nitrogen and oxygen atoms in total. The van der Waals surface area contributed by atoms with Gasteiger partial charge in [0.1, 0.15) is 22.7 Å². The molecule has 3 heterocycles. The second kappa shape index (κ2) is 14.0. The summed E-state index contributed by atoms with van der Waals surface area (Å²) in [6.07, 6.45) is -7.94. The zero-order valence-electron chi connectivity index (χ0n) is 24.2. The smallest absolute Gasteiger partial charge is 0.433 e. The molecule has 0 spiro atoms. The van der Waals surface area contributed by atoms with E-state index in [0.29, 0.717) is 43.7 Å². The van der Waals surface area contributed by atoms with Crippen molar-refractivity contribution in [1.82, 2.24) is 14.9 Å². The third kappa shape index (κ3) is 11.0. The zero-order chi connectivity index (χ0) is 31.9. The average Bonchev–Trinajstić information content (AvgIpc) is 3.18. The summed E-state index contributed by atoms with van der Waals surface area (Å²) < 4.78 is 86.4. The van der Waals surface area contributed by atoms with Crippen LogP contribution in [0.1, 0.15) is 70.2 Å². The third-order valence-electron chi connectivity index (χ3n) is 6.10. The van der Waals surface area contributed by atoms with Crippen molar-refractivity contribution in [2.75, 3.05) is 13.2 Å². The van der Waals surface area contributed by atoms with Gasteiger partial charge >= 0.3 is 18.4 Å². The summed E-state index contributed by atoms with van der Waals surface area (Å²) in [6, 6.07) is 6.87. The number of ether oxygens (including phenoxy) is 2. The quantitative estimate of drug-likeness (QED) is 0.385. The molecule has 0 aromatic carbocycles. The second-order valence-corrected chi connectivity index (χ2v) is 11.3. The molecule has 1 saturated heterocycles. The number of hydrogen-bond donors (Lipinski definition) is 2. The van der Waals surface area contributed by atoms with Crippen LogP contribution in [0, 0.1) is 0 Å². The molecular formula is C28H38F6N4O4. The van der Waals surface area contributed by atoms with Gasteiger partial charge < -0.3 is 20.3 Å².